The Hall–Kier alpha value is -1.86. The van der Waals surface area contributed by atoms with Gasteiger partial charge in [0.25, 0.3) is 10.1 Å². The molecule has 0 aliphatic carbocycles. The highest BCUT2D eigenvalue weighted by molar-refractivity contribution is 7.86. The largest absolute Gasteiger partial charge is 0.481 e. The lowest BCUT2D eigenvalue weighted by atomic mass is 9.88. The lowest BCUT2D eigenvalue weighted by Gasteiger charge is -2.44. The Morgan fingerprint density at radius 1 is 1.29 bits per heavy atom. The lowest BCUT2D eigenvalue weighted by molar-refractivity contribution is -0.137. The van der Waals surface area contributed by atoms with Gasteiger partial charge >= 0.3 is 5.97 Å². The molecule has 0 unspecified atom stereocenters. The summed E-state index contributed by atoms with van der Waals surface area (Å²) >= 11 is 0. The molecule has 2 N–H and O–H groups in total. The van der Waals surface area contributed by atoms with E-state index in [4.69, 9.17) is 5.11 Å². The predicted molar refractivity (Wildman–Crippen MR) is 93.9 cm³/mol. The van der Waals surface area contributed by atoms with Crippen LogP contribution in [0.2, 0.25) is 0 Å². The molecule has 0 fully saturated rings. The average Bonchev–Trinajstić information content (AvgIpc) is 2.39. The summed E-state index contributed by atoms with van der Waals surface area (Å²) in [6.07, 6.45) is 2.40. The molecule has 7 heteroatoms. The van der Waals surface area contributed by atoms with Crippen molar-refractivity contribution in [2.45, 2.75) is 39.2 Å². The second-order valence-electron chi connectivity index (χ2n) is 6.72. The fraction of sp³-hybridized carbons (Fsp3) is 0.471. The molecule has 1 aliphatic rings. The third-order valence-corrected chi connectivity index (χ3v) is 4.80. The quantitative estimate of drug-likeness (QED) is 0.764. The van der Waals surface area contributed by atoms with Crippen LogP contribution < -0.4 is 4.90 Å². The maximum absolute atomic E-state index is 11.4. The molecule has 0 amide bonds. The highest BCUT2D eigenvalue weighted by Crippen LogP contribution is 2.40. The van der Waals surface area contributed by atoms with E-state index < -0.39 is 27.4 Å². The van der Waals surface area contributed by atoms with E-state index in [0.717, 1.165) is 16.8 Å². The maximum Gasteiger partial charge on any atom is 0.303 e. The van der Waals surface area contributed by atoms with Gasteiger partial charge in [0.05, 0.1) is 5.54 Å². The Labute approximate surface area is 142 Å². The molecule has 1 aliphatic heterocycles. The third-order valence-electron chi connectivity index (χ3n) is 4.12. The number of benzene rings is 1. The second kappa shape index (κ2) is 6.57. The number of hydrogen-bond donors (Lipinski definition) is 2. The summed E-state index contributed by atoms with van der Waals surface area (Å²) in [5, 5.41) is 8.86. The van der Waals surface area contributed by atoms with Gasteiger partial charge in [0.1, 0.15) is 5.75 Å². The van der Waals surface area contributed by atoms with E-state index >= 15 is 0 Å². The second-order valence-corrected chi connectivity index (χ2v) is 8.17. The first-order valence-corrected chi connectivity index (χ1v) is 9.38. The molecule has 0 atom stereocenters. The van der Waals surface area contributed by atoms with Crippen LogP contribution in [0.4, 0.5) is 5.69 Å². The molecule has 1 aromatic rings. The molecule has 2 rings (SSSR count). The van der Waals surface area contributed by atoms with Crippen LogP contribution in [-0.2, 0) is 14.9 Å². The minimum atomic E-state index is -4.14. The van der Waals surface area contributed by atoms with Crippen molar-refractivity contribution in [1.82, 2.24) is 0 Å². The van der Waals surface area contributed by atoms with Gasteiger partial charge in [-0.1, -0.05) is 18.2 Å². The Bertz CT molecular complexity index is 780. The molecular formula is C17H23NO5S. The molecule has 6 nitrogen and oxygen atoms in total. The number of rotatable bonds is 6. The summed E-state index contributed by atoms with van der Waals surface area (Å²) in [5.74, 6) is -1.27. The van der Waals surface area contributed by atoms with Gasteiger partial charge in [-0.3, -0.25) is 9.35 Å². The molecule has 0 aromatic heterocycles. The van der Waals surface area contributed by atoms with Crippen molar-refractivity contribution >= 4 is 27.3 Å². The SMILES string of the molecule is Cc1ccc2c(c1)N(CCCC(=O)O)C(C)(C)C=C2CS(=O)(=O)O. The number of hydrogen-bond acceptors (Lipinski definition) is 4. The van der Waals surface area contributed by atoms with Gasteiger partial charge in [-0.25, -0.2) is 0 Å². The van der Waals surface area contributed by atoms with Crippen LogP contribution in [-0.4, -0.2) is 41.9 Å². The molecule has 0 bridgehead atoms. The van der Waals surface area contributed by atoms with Gasteiger partial charge < -0.3 is 10.0 Å². The number of nitrogens with zero attached hydrogens (tertiary/aromatic N) is 1. The number of aryl methyl sites for hydroxylation is 1. The molecule has 0 radical (unpaired) electrons. The topological polar surface area (TPSA) is 94.9 Å². The third kappa shape index (κ3) is 4.36. The standard InChI is InChI=1S/C17H23NO5S/c1-12-6-7-14-13(11-24(21,22)23)10-17(2,3)18(15(14)9-12)8-4-5-16(19)20/h6-7,9-10H,4-5,8,11H2,1-3H3,(H,19,20)(H,21,22,23). The van der Waals surface area contributed by atoms with Crippen molar-refractivity contribution in [2.24, 2.45) is 0 Å². The Balaban J connectivity index is 2.45. The molecular weight excluding hydrogens is 330 g/mol. The monoisotopic (exact) mass is 353 g/mol. The Kier molecular flexibility index (Phi) is 5.05. The zero-order chi connectivity index (χ0) is 18.1. The van der Waals surface area contributed by atoms with Gasteiger partial charge in [0.2, 0.25) is 0 Å². The lowest BCUT2D eigenvalue weighted by Crippen LogP contribution is -2.46. The predicted octanol–water partition coefficient (Wildman–Crippen LogP) is 2.73. The summed E-state index contributed by atoms with van der Waals surface area (Å²) in [6.45, 7) is 6.39. The first-order chi connectivity index (χ1) is 11.0. The molecule has 132 valence electrons. The van der Waals surface area contributed by atoms with Gasteiger partial charge in [-0.05, 0) is 44.4 Å². The summed E-state index contributed by atoms with van der Waals surface area (Å²) in [5.41, 5.74) is 2.73. The molecule has 24 heavy (non-hydrogen) atoms. The van der Waals surface area contributed by atoms with E-state index in [1.54, 1.807) is 0 Å². The van der Waals surface area contributed by atoms with Crippen LogP contribution in [0.15, 0.2) is 24.3 Å². The molecule has 1 heterocycles. The van der Waals surface area contributed by atoms with Crippen LogP contribution in [0, 0.1) is 6.92 Å². The zero-order valence-corrected chi connectivity index (χ0v) is 14.9. The smallest absolute Gasteiger partial charge is 0.303 e. The average molecular weight is 353 g/mol. The van der Waals surface area contributed by atoms with Crippen LogP contribution in [0.1, 0.15) is 37.8 Å². The number of carboxylic acid groups (broad SMARTS) is 1. The summed E-state index contributed by atoms with van der Waals surface area (Å²) in [7, 11) is -4.14. The molecule has 0 saturated carbocycles. The van der Waals surface area contributed by atoms with E-state index in [9.17, 15) is 17.8 Å². The molecule has 1 aromatic carbocycles. The van der Waals surface area contributed by atoms with Gasteiger partial charge in [-0.2, -0.15) is 8.42 Å². The fourth-order valence-electron chi connectivity index (χ4n) is 3.14. The van der Waals surface area contributed by atoms with Crippen molar-refractivity contribution in [3.05, 3.63) is 35.4 Å². The van der Waals surface area contributed by atoms with Crippen molar-refractivity contribution in [3.63, 3.8) is 0 Å². The number of carboxylic acids is 1. The van der Waals surface area contributed by atoms with Crippen LogP contribution in [0.25, 0.3) is 5.57 Å². The summed E-state index contributed by atoms with van der Waals surface area (Å²) < 4.78 is 31.9. The first-order valence-electron chi connectivity index (χ1n) is 7.77. The van der Waals surface area contributed by atoms with E-state index in [1.165, 1.54) is 0 Å². The number of anilines is 1. The normalized spacial score (nSPS) is 16.5. The minimum absolute atomic E-state index is 0.0787. The summed E-state index contributed by atoms with van der Waals surface area (Å²) in [6, 6.07) is 5.71. The van der Waals surface area contributed by atoms with E-state index in [1.807, 2.05) is 45.0 Å². The van der Waals surface area contributed by atoms with E-state index in [2.05, 4.69) is 4.90 Å². The van der Waals surface area contributed by atoms with Crippen LogP contribution in [0.3, 0.4) is 0 Å². The maximum atomic E-state index is 11.4. The Morgan fingerprint density at radius 3 is 2.54 bits per heavy atom. The van der Waals surface area contributed by atoms with Crippen molar-refractivity contribution in [1.29, 1.82) is 0 Å². The fourth-order valence-corrected chi connectivity index (χ4v) is 3.77. The minimum Gasteiger partial charge on any atom is -0.481 e. The van der Waals surface area contributed by atoms with Gasteiger partial charge in [0.15, 0.2) is 0 Å². The molecule has 0 spiro atoms. The molecule has 0 saturated heterocycles. The highest BCUT2D eigenvalue weighted by Gasteiger charge is 2.33. The van der Waals surface area contributed by atoms with E-state index in [0.29, 0.717) is 18.5 Å². The van der Waals surface area contributed by atoms with Crippen molar-refractivity contribution in [3.8, 4) is 0 Å². The number of fused-ring (bicyclic) bond motifs is 1. The zero-order valence-electron chi connectivity index (χ0n) is 14.1. The van der Waals surface area contributed by atoms with Gasteiger partial charge in [0, 0.05) is 24.2 Å². The first kappa shape index (κ1) is 18.5. The van der Waals surface area contributed by atoms with Gasteiger partial charge in [-0.15, -0.1) is 0 Å². The number of aliphatic carboxylic acids is 1. The van der Waals surface area contributed by atoms with Crippen molar-refractivity contribution < 1.29 is 22.9 Å². The Morgan fingerprint density at radius 2 is 1.96 bits per heavy atom. The highest BCUT2D eigenvalue weighted by atomic mass is 32.2. The van der Waals surface area contributed by atoms with Crippen LogP contribution in [0.5, 0.6) is 0 Å². The summed E-state index contributed by atoms with van der Waals surface area (Å²) in [4.78, 5) is 12.9. The number of carbonyl (C=O) groups is 1. The van der Waals surface area contributed by atoms with Crippen LogP contribution >= 0.6 is 0 Å². The van der Waals surface area contributed by atoms with E-state index in [-0.39, 0.29) is 6.42 Å². The van der Waals surface area contributed by atoms with Crippen molar-refractivity contribution in [2.75, 3.05) is 17.2 Å².